The van der Waals surface area contributed by atoms with Crippen LogP contribution in [0.15, 0.2) is 24.3 Å². The number of aromatic nitrogens is 2. The lowest BCUT2D eigenvalue weighted by molar-refractivity contribution is -0.131. The van der Waals surface area contributed by atoms with Crippen molar-refractivity contribution < 1.29 is 9.59 Å². The molecule has 0 radical (unpaired) electrons. The zero-order valence-electron chi connectivity index (χ0n) is 15.0. The number of amides is 2. The number of imidazole rings is 1. The minimum absolute atomic E-state index is 0.0939. The average Bonchev–Trinajstić information content (AvgIpc) is 3.41. The number of para-hydroxylation sites is 2. The zero-order valence-corrected chi connectivity index (χ0v) is 15.0. The molecule has 25 heavy (non-hydrogen) atoms. The van der Waals surface area contributed by atoms with Crippen molar-refractivity contribution in [1.82, 2.24) is 19.8 Å². The molecule has 1 heterocycles. The Morgan fingerprint density at radius 1 is 1.24 bits per heavy atom. The van der Waals surface area contributed by atoms with E-state index in [1.54, 1.807) is 0 Å². The van der Waals surface area contributed by atoms with E-state index in [4.69, 9.17) is 0 Å². The quantitative estimate of drug-likeness (QED) is 0.797. The van der Waals surface area contributed by atoms with Crippen LogP contribution >= 0.6 is 0 Å². The Morgan fingerprint density at radius 2 is 1.96 bits per heavy atom. The fraction of sp³-hybridized carbons (Fsp3) is 0.526. The van der Waals surface area contributed by atoms with Gasteiger partial charge in [-0.2, -0.15) is 0 Å². The monoisotopic (exact) mass is 342 g/mol. The number of likely N-dealkylation sites (N-methyl/N-ethyl adjacent to an activating group) is 1. The van der Waals surface area contributed by atoms with Gasteiger partial charge < -0.3 is 14.8 Å². The molecule has 6 nitrogen and oxygen atoms in total. The summed E-state index contributed by atoms with van der Waals surface area (Å²) in [6, 6.07) is 7.86. The molecule has 1 aliphatic carbocycles. The summed E-state index contributed by atoms with van der Waals surface area (Å²) < 4.78 is 1.99. The van der Waals surface area contributed by atoms with E-state index >= 15 is 0 Å². The molecular weight excluding hydrogens is 316 g/mol. The molecule has 0 bridgehead atoms. The summed E-state index contributed by atoms with van der Waals surface area (Å²) in [5.74, 6) is 1.29. The van der Waals surface area contributed by atoms with E-state index in [2.05, 4.69) is 10.3 Å². The maximum absolute atomic E-state index is 12.6. The number of nitrogens with zero attached hydrogens (tertiary/aromatic N) is 3. The number of hydrogen-bond donors (Lipinski definition) is 1. The number of carbonyl (C=O) groups is 2. The Balaban J connectivity index is 1.76. The second-order valence-corrected chi connectivity index (χ2v) is 6.48. The van der Waals surface area contributed by atoms with Gasteiger partial charge in [-0.05, 0) is 38.8 Å². The van der Waals surface area contributed by atoms with Gasteiger partial charge in [-0.25, -0.2) is 4.98 Å². The van der Waals surface area contributed by atoms with Crippen molar-refractivity contribution in [2.24, 2.45) is 5.92 Å². The van der Waals surface area contributed by atoms with Crippen LogP contribution in [0.4, 0.5) is 0 Å². The van der Waals surface area contributed by atoms with Crippen molar-refractivity contribution >= 4 is 22.8 Å². The van der Waals surface area contributed by atoms with Crippen LogP contribution in [0.3, 0.4) is 0 Å². The van der Waals surface area contributed by atoms with Gasteiger partial charge in [-0.15, -0.1) is 0 Å². The van der Waals surface area contributed by atoms with Crippen LogP contribution in [0.25, 0.3) is 11.0 Å². The first-order chi connectivity index (χ1) is 12.1. The number of carbonyl (C=O) groups excluding carboxylic acids is 2. The molecule has 1 fully saturated rings. The fourth-order valence-electron chi connectivity index (χ4n) is 3.09. The molecule has 0 spiro atoms. The van der Waals surface area contributed by atoms with Gasteiger partial charge in [0.05, 0.1) is 11.0 Å². The fourth-order valence-corrected chi connectivity index (χ4v) is 3.09. The Labute approximate surface area is 148 Å². The number of rotatable bonds is 8. The van der Waals surface area contributed by atoms with E-state index in [-0.39, 0.29) is 24.3 Å². The van der Waals surface area contributed by atoms with Gasteiger partial charge in [0.2, 0.25) is 11.8 Å². The van der Waals surface area contributed by atoms with E-state index in [1.165, 1.54) is 0 Å². The highest BCUT2D eigenvalue weighted by atomic mass is 16.2. The van der Waals surface area contributed by atoms with Gasteiger partial charge in [0.1, 0.15) is 12.4 Å². The zero-order chi connectivity index (χ0) is 17.8. The van der Waals surface area contributed by atoms with Crippen molar-refractivity contribution in [2.45, 2.75) is 39.7 Å². The van der Waals surface area contributed by atoms with Crippen LogP contribution in [0, 0.1) is 5.92 Å². The third kappa shape index (κ3) is 4.00. The smallest absolute Gasteiger partial charge is 0.242 e. The molecule has 0 atom stereocenters. The Bertz CT molecular complexity index is 760. The van der Waals surface area contributed by atoms with Gasteiger partial charge in [0, 0.05) is 32.0 Å². The van der Waals surface area contributed by atoms with Crippen molar-refractivity contribution in [1.29, 1.82) is 0 Å². The van der Waals surface area contributed by atoms with Crippen LogP contribution in [0.5, 0.6) is 0 Å². The molecule has 1 aromatic carbocycles. The number of nitrogens with one attached hydrogen (secondary N) is 1. The van der Waals surface area contributed by atoms with Crippen molar-refractivity contribution in [3.05, 3.63) is 30.1 Å². The number of fused-ring (bicyclic) bond motifs is 1. The van der Waals surface area contributed by atoms with Crippen LogP contribution < -0.4 is 5.32 Å². The van der Waals surface area contributed by atoms with Crippen LogP contribution in [-0.2, 0) is 22.6 Å². The van der Waals surface area contributed by atoms with E-state index in [9.17, 15) is 9.59 Å². The lowest BCUT2D eigenvalue weighted by Gasteiger charge is -2.20. The maximum Gasteiger partial charge on any atom is 0.242 e. The average molecular weight is 342 g/mol. The molecule has 0 unspecified atom stereocenters. The normalized spacial score (nSPS) is 13.8. The summed E-state index contributed by atoms with van der Waals surface area (Å²) in [7, 11) is 0. The first kappa shape index (κ1) is 17.5. The molecule has 1 aromatic heterocycles. The number of benzene rings is 1. The minimum Gasteiger partial charge on any atom is -0.355 e. The molecule has 1 aliphatic rings. The summed E-state index contributed by atoms with van der Waals surface area (Å²) >= 11 is 0. The second kappa shape index (κ2) is 7.68. The lowest BCUT2D eigenvalue weighted by atomic mass is 10.3. The second-order valence-electron chi connectivity index (χ2n) is 6.48. The first-order valence-corrected chi connectivity index (χ1v) is 9.13. The van der Waals surface area contributed by atoms with Gasteiger partial charge in [-0.1, -0.05) is 12.1 Å². The van der Waals surface area contributed by atoms with E-state index in [1.807, 2.05) is 47.6 Å². The van der Waals surface area contributed by atoms with Gasteiger partial charge in [0.15, 0.2) is 0 Å². The standard InChI is InChI=1S/C19H26N4O2/c1-3-22(4-2)18(24)13-23-16-8-6-5-7-15(16)21-17(23)11-12-20-19(25)14-9-10-14/h5-8,14H,3-4,9-13H2,1-2H3,(H,20,25). The summed E-state index contributed by atoms with van der Waals surface area (Å²) in [4.78, 5) is 30.9. The van der Waals surface area contributed by atoms with Crippen LogP contribution in [0.1, 0.15) is 32.5 Å². The van der Waals surface area contributed by atoms with E-state index in [0.717, 1.165) is 29.7 Å². The maximum atomic E-state index is 12.6. The summed E-state index contributed by atoms with van der Waals surface area (Å²) in [5.41, 5.74) is 1.85. The van der Waals surface area contributed by atoms with Gasteiger partial charge >= 0.3 is 0 Å². The molecule has 2 amide bonds. The Hall–Kier alpha value is -2.37. The third-order valence-electron chi connectivity index (χ3n) is 4.74. The molecule has 2 aromatic rings. The van der Waals surface area contributed by atoms with Crippen molar-refractivity contribution in [2.75, 3.05) is 19.6 Å². The van der Waals surface area contributed by atoms with Crippen LogP contribution in [-0.4, -0.2) is 45.9 Å². The first-order valence-electron chi connectivity index (χ1n) is 9.13. The molecule has 134 valence electrons. The topological polar surface area (TPSA) is 67.2 Å². The molecule has 3 rings (SSSR count). The predicted octanol–water partition coefficient (Wildman–Crippen LogP) is 1.97. The lowest BCUT2D eigenvalue weighted by Crippen LogP contribution is -2.34. The predicted molar refractivity (Wildman–Crippen MR) is 97.1 cm³/mol. The Morgan fingerprint density at radius 3 is 2.64 bits per heavy atom. The summed E-state index contributed by atoms with van der Waals surface area (Å²) in [5, 5.41) is 2.98. The van der Waals surface area contributed by atoms with Crippen LogP contribution in [0.2, 0.25) is 0 Å². The van der Waals surface area contributed by atoms with Crippen molar-refractivity contribution in [3.8, 4) is 0 Å². The molecule has 1 saturated carbocycles. The molecule has 0 aliphatic heterocycles. The highest BCUT2D eigenvalue weighted by Gasteiger charge is 2.29. The highest BCUT2D eigenvalue weighted by molar-refractivity contribution is 5.82. The molecule has 1 N–H and O–H groups in total. The summed E-state index contributed by atoms with van der Waals surface area (Å²) in [6.45, 7) is 6.22. The van der Waals surface area contributed by atoms with Gasteiger partial charge in [-0.3, -0.25) is 9.59 Å². The van der Waals surface area contributed by atoms with E-state index in [0.29, 0.717) is 26.1 Å². The minimum atomic E-state index is 0.0939. The molecular formula is C19H26N4O2. The SMILES string of the molecule is CCN(CC)C(=O)Cn1c(CCNC(=O)C2CC2)nc2ccccc21. The molecule has 6 heteroatoms. The van der Waals surface area contributed by atoms with Gasteiger partial charge in [0.25, 0.3) is 0 Å². The third-order valence-corrected chi connectivity index (χ3v) is 4.74. The highest BCUT2D eigenvalue weighted by Crippen LogP contribution is 2.28. The Kier molecular flexibility index (Phi) is 5.36. The largest absolute Gasteiger partial charge is 0.355 e. The van der Waals surface area contributed by atoms with E-state index < -0.39 is 0 Å². The number of hydrogen-bond acceptors (Lipinski definition) is 3. The van der Waals surface area contributed by atoms with Crippen molar-refractivity contribution in [3.63, 3.8) is 0 Å². The molecule has 0 saturated heterocycles. The summed E-state index contributed by atoms with van der Waals surface area (Å²) in [6.07, 6.45) is 2.63.